The standard InChI is InChI=1S/C20H21NO4/c1-21(16(11-12-22)14-7-4-3-5-8-14)20(23)18-13-15-9-6-10-17(24-2)19(15)25-18/h3-10,13,16,22H,11-12H2,1-2H3. The van der Waals surface area contributed by atoms with Gasteiger partial charge in [-0.25, -0.2) is 0 Å². The van der Waals surface area contributed by atoms with Gasteiger partial charge in [0.25, 0.3) is 5.91 Å². The summed E-state index contributed by atoms with van der Waals surface area (Å²) in [5.74, 6) is 0.607. The number of carbonyl (C=O) groups is 1. The van der Waals surface area contributed by atoms with Crippen LogP contribution in [0.4, 0.5) is 0 Å². The molecular formula is C20H21NO4. The van der Waals surface area contributed by atoms with Gasteiger partial charge in [0.05, 0.1) is 13.2 Å². The first-order chi connectivity index (χ1) is 12.2. The first-order valence-corrected chi connectivity index (χ1v) is 8.15. The molecule has 0 aliphatic carbocycles. The first-order valence-electron chi connectivity index (χ1n) is 8.15. The molecule has 0 fully saturated rings. The van der Waals surface area contributed by atoms with E-state index in [0.29, 0.717) is 17.8 Å². The molecule has 1 atom stereocenters. The number of methoxy groups -OCH3 is 1. The van der Waals surface area contributed by atoms with E-state index < -0.39 is 0 Å². The van der Waals surface area contributed by atoms with Crippen LogP contribution in [0.15, 0.2) is 59.0 Å². The maximum absolute atomic E-state index is 12.9. The number of ether oxygens (including phenoxy) is 1. The average molecular weight is 339 g/mol. The molecule has 1 amide bonds. The molecule has 25 heavy (non-hydrogen) atoms. The zero-order chi connectivity index (χ0) is 17.8. The van der Waals surface area contributed by atoms with E-state index in [2.05, 4.69) is 0 Å². The molecule has 0 spiro atoms. The lowest BCUT2D eigenvalue weighted by atomic mass is 10.0. The van der Waals surface area contributed by atoms with Crippen molar-refractivity contribution in [2.45, 2.75) is 12.5 Å². The normalized spacial score (nSPS) is 12.1. The molecule has 0 saturated carbocycles. The van der Waals surface area contributed by atoms with Crippen molar-refractivity contribution in [2.75, 3.05) is 20.8 Å². The van der Waals surface area contributed by atoms with Crippen molar-refractivity contribution >= 4 is 16.9 Å². The number of aliphatic hydroxyl groups is 1. The third-order valence-corrected chi connectivity index (χ3v) is 4.31. The summed E-state index contributed by atoms with van der Waals surface area (Å²) >= 11 is 0. The van der Waals surface area contributed by atoms with Crippen LogP contribution in [0.5, 0.6) is 5.75 Å². The minimum Gasteiger partial charge on any atom is -0.493 e. The van der Waals surface area contributed by atoms with Gasteiger partial charge in [-0.15, -0.1) is 0 Å². The summed E-state index contributed by atoms with van der Waals surface area (Å²) in [6.45, 7) is -0.00880. The Morgan fingerprint density at radius 3 is 2.64 bits per heavy atom. The van der Waals surface area contributed by atoms with E-state index in [0.717, 1.165) is 10.9 Å². The number of benzene rings is 2. The Kier molecular flexibility index (Phi) is 5.05. The predicted octanol–water partition coefficient (Wildman–Crippen LogP) is 3.64. The van der Waals surface area contributed by atoms with Crippen LogP contribution in [0.2, 0.25) is 0 Å². The second-order valence-electron chi connectivity index (χ2n) is 5.84. The molecule has 1 heterocycles. The van der Waals surface area contributed by atoms with Crippen molar-refractivity contribution in [1.82, 2.24) is 4.90 Å². The van der Waals surface area contributed by atoms with E-state index in [1.807, 2.05) is 42.5 Å². The topological polar surface area (TPSA) is 62.9 Å². The molecule has 5 heteroatoms. The lowest BCUT2D eigenvalue weighted by molar-refractivity contribution is 0.0675. The molecule has 1 aromatic heterocycles. The van der Waals surface area contributed by atoms with Gasteiger partial charge < -0.3 is 19.2 Å². The third kappa shape index (κ3) is 3.37. The van der Waals surface area contributed by atoms with E-state index >= 15 is 0 Å². The van der Waals surface area contributed by atoms with E-state index in [1.165, 1.54) is 0 Å². The van der Waals surface area contributed by atoms with Crippen molar-refractivity contribution in [3.8, 4) is 5.75 Å². The van der Waals surface area contributed by atoms with Crippen molar-refractivity contribution < 1.29 is 19.1 Å². The van der Waals surface area contributed by atoms with E-state index in [1.54, 1.807) is 31.2 Å². The Labute approximate surface area is 146 Å². The van der Waals surface area contributed by atoms with Crippen LogP contribution < -0.4 is 4.74 Å². The van der Waals surface area contributed by atoms with Crippen LogP contribution in [-0.2, 0) is 0 Å². The summed E-state index contributed by atoms with van der Waals surface area (Å²) in [5, 5.41) is 10.2. The predicted molar refractivity (Wildman–Crippen MR) is 95.7 cm³/mol. The quantitative estimate of drug-likeness (QED) is 0.745. The molecule has 0 radical (unpaired) electrons. The molecule has 0 aliphatic rings. The fourth-order valence-electron chi connectivity index (χ4n) is 3.00. The number of aliphatic hydroxyl groups excluding tert-OH is 1. The highest BCUT2D eigenvalue weighted by Crippen LogP contribution is 2.30. The highest BCUT2D eigenvalue weighted by molar-refractivity contribution is 5.97. The molecule has 130 valence electrons. The smallest absolute Gasteiger partial charge is 0.289 e. The minimum atomic E-state index is -0.236. The van der Waals surface area contributed by atoms with Gasteiger partial charge in [0.2, 0.25) is 0 Å². The molecule has 0 bridgehead atoms. The van der Waals surface area contributed by atoms with Crippen molar-refractivity contribution in [3.05, 3.63) is 65.9 Å². The van der Waals surface area contributed by atoms with E-state index in [9.17, 15) is 9.90 Å². The molecule has 2 aromatic carbocycles. The maximum Gasteiger partial charge on any atom is 0.289 e. The number of fused-ring (bicyclic) bond motifs is 1. The van der Waals surface area contributed by atoms with Gasteiger partial charge in [-0.1, -0.05) is 42.5 Å². The first kappa shape index (κ1) is 17.0. The number of nitrogens with zero attached hydrogens (tertiary/aromatic N) is 1. The number of para-hydroxylation sites is 1. The zero-order valence-corrected chi connectivity index (χ0v) is 14.3. The van der Waals surface area contributed by atoms with Gasteiger partial charge in [-0.05, 0) is 24.1 Å². The van der Waals surface area contributed by atoms with Crippen LogP contribution in [0.3, 0.4) is 0 Å². The summed E-state index contributed by atoms with van der Waals surface area (Å²) in [4.78, 5) is 14.5. The largest absolute Gasteiger partial charge is 0.493 e. The molecule has 0 aliphatic heterocycles. The summed E-state index contributed by atoms with van der Waals surface area (Å²) < 4.78 is 11.0. The average Bonchev–Trinajstić information content (AvgIpc) is 3.10. The molecular weight excluding hydrogens is 318 g/mol. The van der Waals surface area contributed by atoms with Crippen molar-refractivity contribution in [1.29, 1.82) is 0 Å². The highest BCUT2D eigenvalue weighted by atomic mass is 16.5. The molecule has 1 N–H and O–H groups in total. The lowest BCUT2D eigenvalue weighted by Gasteiger charge is -2.27. The maximum atomic E-state index is 12.9. The summed E-state index contributed by atoms with van der Waals surface area (Å²) in [6.07, 6.45) is 0.454. The van der Waals surface area contributed by atoms with Gasteiger partial charge in [-0.3, -0.25) is 4.79 Å². The molecule has 3 rings (SSSR count). The van der Waals surface area contributed by atoms with Gasteiger partial charge in [0.15, 0.2) is 17.1 Å². The van der Waals surface area contributed by atoms with Crippen LogP contribution >= 0.6 is 0 Å². The number of furan rings is 1. The fraction of sp³-hybridized carbons (Fsp3) is 0.250. The van der Waals surface area contributed by atoms with Crippen LogP contribution in [0, 0.1) is 0 Å². The van der Waals surface area contributed by atoms with Gasteiger partial charge in [-0.2, -0.15) is 0 Å². The van der Waals surface area contributed by atoms with Crippen molar-refractivity contribution in [3.63, 3.8) is 0 Å². The van der Waals surface area contributed by atoms with E-state index in [4.69, 9.17) is 9.15 Å². The molecule has 1 unspecified atom stereocenters. The Hall–Kier alpha value is -2.79. The van der Waals surface area contributed by atoms with Crippen LogP contribution in [0.1, 0.15) is 28.6 Å². The molecule has 5 nitrogen and oxygen atoms in total. The van der Waals surface area contributed by atoms with E-state index in [-0.39, 0.29) is 24.3 Å². The zero-order valence-electron chi connectivity index (χ0n) is 14.3. The Balaban J connectivity index is 1.93. The van der Waals surface area contributed by atoms with Gasteiger partial charge in [0, 0.05) is 19.0 Å². The van der Waals surface area contributed by atoms with Crippen molar-refractivity contribution in [2.24, 2.45) is 0 Å². The van der Waals surface area contributed by atoms with Gasteiger partial charge in [0.1, 0.15) is 0 Å². The fourth-order valence-corrected chi connectivity index (χ4v) is 3.00. The summed E-state index contributed by atoms with van der Waals surface area (Å²) in [5.41, 5.74) is 1.53. The van der Waals surface area contributed by atoms with Crippen LogP contribution in [-0.4, -0.2) is 36.7 Å². The lowest BCUT2D eigenvalue weighted by Crippen LogP contribution is -2.31. The summed E-state index contributed by atoms with van der Waals surface area (Å²) in [7, 11) is 3.29. The molecule has 0 saturated heterocycles. The number of amides is 1. The number of rotatable bonds is 6. The second-order valence-corrected chi connectivity index (χ2v) is 5.84. The monoisotopic (exact) mass is 339 g/mol. The Morgan fingerprint density at radius 1 is 1.20 bits per heavy atom. The minimum absolute atomic E-state index is 0.00880. The number of carbonyl (C=O) groups excluding carboxylic acids is 1. The number of hydrogen-bond donors (Lipinski definition) is 1. The van der Waals surface area contributed by atoms with Gasteiger partial charge >= 0.3 is 0 Å². The second kappa shape index (κ2) is 7.40. The summed E-state index contributed by atoms with van der Waals surface area (Å²) in [6, 6.07) is 16.7. The highest BCUT2D eigenvalue weighted by Gasteiger charge is 2.25. The van der Waals surface area contributed by atoms with Crippen LogP contribution in [0.25, 0.3) is 11.0 Å². The third-order valence-electron chi connectivity index (χ3n) is 4.31. The molecule has 3 aromatic rings. The Bertz CT molecular complexity index is 857. The number of hydrogen-bond acceptors (Lipinski definition) is 4. The Morgan fingerprint density at radius 2 is 1.96 bits per heavy atom. The SMILES string of the molecule is COc1cccc2cc(C(=O)N(C)C(CCO)c3ccccc3)oc12.